The van der Waals surface area contributed by atoms with E-state index < -0.39 is 5.97 Å². The van der Waals surface area contributed by atoms with Gasteiger partial charge in [0.1, 0.15) is 0 Å². The molecule has 17 heavy (non-hydrogen) atoms. The third kappa shape index (κ3) is 4.02. The fourth-order valence-corrected chi connectivity index (χ4v) is 1.21. The molecule has 6 heteroatoms. The van der Waals surface area contributed by atoms with E-state index in [0.29, 0.717) is 17.1 Å². The maximum atomic E-state index is 10.8. The summed E-state index contributed by atoms with van der Waals surface area (Å²) in [6.45, 7) is 1.46. The van der Waals surface area contributed by atoms with Crippen molar-refractivity contribution in [3.05, 3.63) is 23.3 Å². The van der Waals surface area contributed by atoms with E-state index in [4.69, 9.17) is 24.5 Å². The molecule has 1 aromatic carbocycles. The van der Waals surface area contributed by atoms with Crippen molar-refractivity contribution in [2.75, 3.05) is 14.2 Å². The van der Waals surface area contributed by atoms with Gasteiger partial charge in [0, 0.05) is 0 Å². The van der Waals surface area contributed by atoms with Crippen LogP contribution in [0.2, 0.25) is 0 Å². The Hall–Kier alpha value is -2.24. The lowest BCUT2D eigenvalue weighted by atomic mass is 10.1. The number of rotatable bonds is 3. The van der Waals surface area contributed by atoms with E-state index in [1.807, 2.05) is 0 Å². The fraction of sp³-hybridized carbons (Fsp3) is 0.273. The highest BCUT2D eigenvalue weighted by Crippen LogP contribution is 2.30. The van der Waals surface area contributed by atoms with Gasteiger partial charge in [-0.15, -0.1) is 0 Å². The summed E-state index contributed by atoms with van der Waals surface area (Å²) in [5.74, 6) is -0.00560. The minimum Gasteiger partial charge on any atom is -0.493 e. The maximum absolute atomic E-state index is 10.8. The van der Waals surface area contributed by atoms with Crippen molar-refractivity contribution in [1.29, 1.82) is 0 Å². The van der Waals surface area contributed by atoms with Crippen molar-refractivity contribution < 1.29 is 29.3 Å². The van der Waals surface area contributed by atoms with Gasteiger partial charge in [0.15, 0.2) is 11.5 Å². The van der Waals surface area contributed by atoms with Gasteiger partial charge >= 0.3 is 5.97 Å². The van der Waals surface area contributed by atoms with Crippen LogP contribution in [0, 0.1) is 6.92 Å². The van der Waals surface area contributed by atoms with Crippen LogP contribution in [0.1, 0.15) is 15.9 Å². The number of carboxylic acids is 1. The van der Waals surface area contributed by atoms with Gasteiger partial charge in [0.2, 0.25) is 0 Å². The molecule has 6 nitrogen and oxygen atoms in total. The van der Waals surface area contributed by atoms with Crippen LogP contribution >= 0.6 is 0 Å². The molecule has 0 aliphatic carbocycles. The molecule has 0 atom stereocenters. The number of hydrogen-bond donors (Lipinski definition) is 2. The first-order valence-corrected chi connectivity index (χ1v) is 4.55. The number of methoxy groups -OCH3 is 2. The van der Waals surface area contributed by atoms with Crippen molar-refractivity contribution in [3.8, 4) is 11.5 Å². The van der Waals surface area contributed by atoms with Crippen LogP contribution in [0.25, 0.3) is 0 Å². The summed E-state index contributed by atoms with van der Waals surface area (Å²) in [6.07, 6.45) is 0. The van der Waals surface area contributed by atoms with Crippen molar-refractivity contribution >= 4 is 12.4 Å². The van der Waals surface area contributed by atoms with Gasteiger partial charge in [0.05, 0.1) is 19.8 Å². The van der Waals surface area contributed by atoms with Crippen LogP contribution in [-0.2, 0) is 4.79 Å². The number of ether oxygens (including phenoxy) is 2. The standard InChI is InChI=1S/C10H12O4.CH2O2/c1-6-4-8(13-2)9(14-3)5-7(6)10(11)12;2-1-3/h4-5H,1-3H3,(H,11,12);1H,(H,2,3). The minimum absolute atomic E-state index is 0.225. The van der Waals surface area contributed by atoms with Gasteiger partial charge in [-0.2, -0.15) is 0 Å². The zero-order valence-corrected chi connectivity index (χ0v) is 9.76. The average Bonchev–Trinajstić information content (AvgIpc) is 2.29. The first-order chi connectivity index (χ1) is 8.01. The van der Waals surface area contributed by atoms with E-state index in [2.05, 4.69) is 0 Å². The molecule has 0 unspecified atom stereocenters. The Kier molecular flexibility index (Phi) is 6.17. The molecule has 0 saturated carbocycles. The first kappa shape index (κ1) is 14.8. The summed E-state index contributed by atoms with van der Waals surface area (Å²) in [4.78, 5) is 19.2. The number of aromatic carboxylic acids is 1. The lowest BCUT2D eigenvalue weighted by Crippen LogP contribution is -2.01. The van der Waals surface area contributed by atoms with Crippen molar-refractivity contribution in [1.82, 2.24) is 0 Å². The maximum Gasteiger partial charge on any atom is 0.336 e. The van der Waals surface area contributed by atoms with Crippen LogP contribution in [0.5, 0.6) is 11.5 Å². The summed E-state index contributed by atoms with van der Waals surface area (Å²) in [7, 11) is 2.98. The highest BCUT2D eigenvalue weighted by molar-refractivity contribution is 5.90. The van der Waals surface area contributed by atoms with E-state index >= 15 is 0 Å². The highest BCUT2D eigenvalue weighted by atomic mass is 16.5. The van der Waals surface area contributed by atoms with E-state index in [0.717, 1.165) is 0 Å². The molecule has 0 saturated heterocycles. The Bertz CT molecular complexity index is 399. The van der Waals surface area contributed by atoms with Gasteiger partial charge in [-0.25, -0.2) is 4.79 Å². The zero-order chi connectivity index (χ0) is 13.4. The van der Waals surface area contributed by atoms with Crippen molar-refractivity contribution in [2.45, 2.75) is 6.92 Å². The number of aryl methyl sites for hydroxylation is 1. The smallest absolute Gasteiger partial charge is 0.336 e. The number of benzene rings is 1. The fourth-order valence-electron chi connectivity index (χ4n) is 1.21. The Morgan fingerprint density at radius 1 is 1.24 bits per heavy atom. The molecule has 94 valence electrons. The van der Waals surface area contributed by atoms with Gasteiger partial charge in [-0.05, 0) is 24.6 Å². The van der Waals surface area contributed by atoms with Crippen molar-refractivity contribution in [2.24, 2.45) is 0 Å². The Balaban J connectivity index is 0.000000770. The lowest BCUT2D eigenvalue weighted by Gasteiger charge is -2.10. The minimum atomic E-state index is -0.969. The molecule has 0 heterocycles. The van der Waals surface area contributed by atoms with E-state index in [9.17, 15) is 4.79 Å². The van der Waals surface area contributed by atoms with Crippen LogP contribution in [0.15, 0.2) is 12.1 Å². The van der Waals surface area contributed by atoms with Gasteiger partial charge in [0.25, 0.3) is 6.47 Å². The monoisotopic (exact) mass is 242 g/mol. The molecule has 0 amide bonds. The summed E-state index contributed by atoms with van der Waals surface area (Å²) >= 11 is 0. The average molecular weight is 242 g/mol. The molecule has 0 radical (unpaired) electrons. The normalized spacial score (nSPS) is 8.65. The predicted octanol–water partition coefficient (Wildman–Crippen LogP) is 1.41. The van der Waals surface area contributed by atoms with E-state index in [1.54, 1.807) is 13.0 Å². The predicted molar refractivity (Wildman–Crippen MR) is 59.9 cm³/mol. The number of carboxylic acid groups (broad SMARTS) is 2. The lowest BCUT2D eigenvalue weighted by molar-refractivity contribution is -0.122. The second-order valence-corrected chi connectivity index (χ2v) is 2.93. The highest BCUT2D eigenvalue weighted by Gasteiger charge is 2.12. The van der Waals surface area contributed by atoms with E-state index in [1.165, 1.54) is 20.3 Å². The molecule has 0 aliphatic heterocycles. The largest absolute Gasteiger partial charge is 0.493 e. The summed E-state index contributed by atoms with van der Waals surface area (Å²) in [5, 5.41) is 15.7. The van der Waals surface area contributed by atoms with Crippen molar-refractivity contribution in [3.63, 3.8) is 0 Å². The Morgan fingerprint density at radius 3 is 2.00 bits per heavy atom. The van der Waals surface area contributed by atoms with Gasteiger partial charge in [-0.3, -0.25) is 4.79 Å². The van der Waals surface area contributed by atoms with E-state index in [-0.39, 0.29) is 12.0 Å². The first-order valence-electron chi connectivity index (χ1n) is 4.55. The molecule has 0 fully saturated rings. The molecule has 2 N–H and O–H groups in total. The SMILES string of the molecule is COc1cc(C)c(C(=O)O)cc1OC.O=CO. The molecule has 0 bridgehead atoms. The number of carbonyl (C=O) groups is 2. The third-order valence-electron chi connectivity index (χ3n) is 1.96. The van der Waals surface area contributed by atoms with Gasteiger partial charge in [-0.1, -0.05) is 0 Å². The Labute approximate surface area is 98.4 Å². The molecule has 1 rings (SSSR count). The second kappa shape index (κ2) is 7.10. The molecule has 0 aliphatic rings. The topological polar surface area (TPSA) is 93.1 Å². The third-order valence-corrected chi connectivity index (χ3v) is 1.96. The summed E-state index contributed by atoms with van der Waals surface area (Å²) in [5.41, 5.74) is 0.873. The summed E-state index contributed by atoms with van der Waals surface area (Å²) < 4.78 is 10.0. The van der Waals surface area contributed by atoms with Crippen LogP contribution in [0.3, 0.4) is 0 Å². The molecular weight excluding hydrogens is 228 g/mol. The zero-order valence-electron chi connectivity index (χ0n) is 9.76. The van der Waals surface area contributed by atoms with Gasteiger partial charge < -0.3 is 19.7 Å². The van der Waals surface area contributed by atoms with Crippen LogP contribution in [-0.4, -0.2) is 36.9 Å². The van der Waals surface area contributed by atoms with Crippen LogP contribution in [0.4, 0.5) is 0 Å². The quantitative estimate of drug-likeness (QED) is 0.778. The second-order valence-electron chi connectivity index (χ2n) is 2.93. The number of hydrogen-bond acceptors (Lipinski definition) is 4. The van der Waals surface area contributed by atoms with Crippen LogP contribution < -0.4 is 9.47 Å². The molecular formula is C11H14O6. The molecule has 0 spiro atoms. The Morgan fingerprint density at radius 2 is 1.65 bits per heavy atom. The summed E-state index contributed by atoms with van der Waals surface area (Å²) in [6, 6.07) is 3.10. The molecule has 0 aromatic heterocycles. The molecule has 1 aromatic rings.